The first kappa shape index (κ1) is 14.0. The molecule has 4 nitrogen and oxygen atoms in total. The van der Waals surface area contributed by atoms with Gasteiger partial charge in [-0.05, 0) is 44.9 Å². The van der Waals surface area contributed by atoms with Gasteiger partial charge in [-0.15, -0.1) is 0 Å². The lowest BCUT2D eigenvalue weighted by Gasteiger charge is -2.27. The molecule has 1 rings (SSSR count). The Morgan fingerprint density at radius 2 is 2.06 bits per heavy atom. The van der Waals surface area contributed by atoms with E-state index < -0.39 is 0 Å². The van der Waals surface area contributed by atoms with Gasteiger partial charge in [0.25, 0.3) is 0 Å². The molecule has 0 aromatic carbocycles. The summed E-state index contributed by atoms with van der Waals surface area (Å²) in [5.41, 5.74) is 0. The number of nitrogens with one attached hydrogen (secondary N) is 2. The highest BCUT2D eigenvalue weighted by Crippen LogP contribution is 2.23. The van der Waals surface area contributed by atoms with Crippen LogP contribution in [0, 0.1) is 5.92 Å². The van der Waals surface area contributed by atoms with E-state index in [2.05, 4.69) is 10.6 Å². The van der Waals surface area contributed by atoms with E-state index in [0.29, 0.717) is 12.5 Å². The Hall–Kier alpha value is -1.03. The Labute approximate surface area is 103 Å². The van der Waals surface area contributed by atoms with Crippen molar-refractivity contribution in [1.29, 1.82) is 0 Å². The molecule has 1 aliphatic rings. The van der Waals surface area contributed by atoms with Gasteiger partial charge >= 0.3 is 6.03 Å². The van der Waals surface area contributed by atoms with Gasteiger partial charge in [-0.3, -0.25) is 0 Å². The van der Waals surface area contributed by atoms with Gasteiger partial charge in [0.2, 0.25) is 0 Å². The zero-order valence-corrected chi connectivity index (χ0v) is 10.6. The van der Waals surface area contributed by atoms with Crippen LogP contribution in [0.5, 0.6) is 0 Å². The molecule has 0 aliphatic heterocycles. The van der Waals surface area contributed by atoms with E-state index in [1.165, 1.54) is 0 Å². The van der Waals surface area contributed by atoms with Gasteiger partial charge in [0, 0.05) is 19.2 Å². The Bertz CT molecular complexity index is 246. The van der Waals surface area contributed by atoms with E-state index in [0.717, 1.165) is 32.1 Å². The highest BCUT2D eigenvalue weighted by molar-refractivity contribution is 5.74. The molecule has 2 amide bonds. The topological polar surface area (TPSA) is 61.4 Å². The summed E-state index contributed by atoms with van der Waals surface area (Å²) >= 11 is 0. The molecule has 0 radical (unpaired) electrons. The lowest BCUT2D eigenvalue weighted by molar-refractivity contribution is 0.174. The van der Waals surface area contributed by atoms with Gasteiger partial charge < -0.3 is 15.7 Å². The van der Waals surface area contributed by atoms with Crippen LogP contribution < -0.4 is 10.6 Å². The minimum atomic E-state index is -0.0676. The third-order valence-corrected chi connectivity index (χ3v) is 3.27. The summed E-state index contributed by atoms with van der Waals surface area (Å²) in [6.45, 7) is 2.93. The highest BCUT2D eigenvalue weighted by Gasteiger charge is 2.21. The van der Waals surface area contributed by atoms with Crippen molar-refractivity contribution < 1.29 is 9.90 Å². The molecule has 0 bridgehead atoms. The molecule has 0 aromatic heterocycles. The van der Waals surface area contributed by atoms with Crippen LogP contribution in [0.25, 0.3) is 0 Å². The van der Waals surface area contributed by atoms with E-state index in [4.69, 9.17) is 5.11 Å². The van der Waals surface area contributed by atoms with Crippen molar-refractivity contribution >= 4 is 6.03 Å². The molecule has 0 spiro atoms. The fraction of sp³-hybridized carbons (Fsp3) is 0.769. The third kappa shape index (κ3) is 5.73. The SMILES string of the molecule is C/C=C/CCNC(=O)NC1CCC(CO)CC1. The number of hydrogen-bond donors (Lipinski definition) is 3. The Balaban J connectivity index is 2.10. The van der Waals surface area contributed by atoms with Crippen LogP contribution >= 0.6 is 0 Å². The summed E-state index contributed by atoms with van der Waals surface area (Å²) in [6, 6.07) is 0.210. The first-order valence-corrected chi connectivity index (χ1v) is 6.52. The fourth-order valence-electron chi connectivity index (χ4n) is 2.16. The molecule has 0 atom stereocenters. The van der Waals surface area contributed by atoms with Crippen molar-refractivity contribution in [3.63, 3.8) is 0 Å². The number of amides is 2. The smallest absolute Gasteiger partial charge is 0.315 e. The summed E-state index contributed by atoms with van der Waals surface area (Å²) < 4.78 is 0. The number of allylic oxidation sites excluding steroid dienone is 1. The number of aliphatic hydroxyl groups excluding tert-OH is 1. The van der Waals surface area contributed by atoms with Crippen LogP contribution in [0.15, 0.2) is 12.2 Å². The Morgan fingerprint density at radius 3 is 2.65 bits per heavy atom. The van der Waals surface area contributed by atoms with Gasteiger partial charge in [0.1, 0.15) is 0 Å². The number of hydrogen-bond acceptors (Lipinski definition) is 2. The van der Waals surface area contributed by atoms with E-state index in [1.807, 2.05) is 19.1 Å². The summed E-state index contributed by atoms with van der Waals surface area (Å²) in [7, 11) is 0. The molecule has 1 aliphatic carbocycles. The molecular formula is C13H24N2O2. The van der Waals surface area contributed by atoms with Crippen molar-refractivity contribution in [3.05, 3.63) is 12.2 Å². The highest BCUT2D eigenvalue weighted by atomic mass is 16.3. The maximum atomic E-state index is 11.5. The maximum absolute atomic E-state index is 11.5. The van der Waals surface area contributed by atoms with Gasteiger partial charge in [-0.1, -0.05) is 12.2 Å². The molecule has 1 saturated carbocycles. The van der Waals surface area contributed by atoms with Gasteiger partial charge in [0.05, 0.1) is 0 Å². The zero-order valence-electron chi connectivity index (χ0n) is 10.6. The molecule has 0 unspecified atom stereocenters. The Kier molecular flexibility index (Phi) is 6.70. The van der Waals surface area contributed by atoms with Crippen LogP contribution in [0.4, 0.5) is 4.79 Å². The average Bonchev–Trinajstić information content (AvgIpc) is 2.36. The van der Waals surface area contributed by atoms with E-state index in [1.54, 1.807) is 0 Å². The van der Waals surface area contributed by atoms with Crippen LogP contribution in [0.2, 0.25) is 0 Å². The quantitative estimate of drug-likeness (QED) is 0.507. The van der Waals surface area contributed by atoms with Crippen molar-refractivity contribution in [3.8, 4) is 0 Å². The van der Waals surface area contributed by atoms with Crippen molar-refractivity contribution in [2.45, 2.75) is 45.1 Å². The number of rotatable bonds is 5. The molecule has 98 valence electrons. The first-order valence-electron chi connectivity index (χ1n) is 6.52. The second-order valence-electron chi connectivity index (χ2n) is 4.66. The lowest BCUT2D eigenvalue weighted by Crippen LogP contribution is -2.44. The maximum Gasteiger partial charge on any atom is 0.315 e. The van der Waals surface area contributed by atoms with Gasteiger partial charge in [0.15, 0.2) is 0 Å². The van der Waals surface area contributed by atoms with E-state index in [-0.39, 0.29) is 18.7 Å². The predicted octanol–water partition coefficient (Wildman–Crippen LogP) is 1.80. The number of urea groups is 1. The van der Waals surface area contributed by atoms with Crippen LogP contribution in [0.1, 0.15) is 39.0 Å². The minimum Gasteiger partial charge on any atom is -0.396 e. The molecular weight excluding hydrogens is 216 g/mol. The summed E-state index contributed by atoms with van der Waals surface area (Å²) in [4.78, 5) is 11.5. The van der Waals surface area contributed by atoms with Crippen LogP contribution in [-0.2, 0) is 0 Å². The molecule has 0 aromatic rings. The van der Waals surface area contributed by atoms with Gasteiger partial charge in [-0.2, -0.15) is 0 Å². The fourth-order valence-corrected chi connectivity index (χ4v) is 2.16. The summed E-state index contributed by atoms with van der Waals surface area (Å²) in [5.74, 6) is 0.436. The summed E-state index contributed by atoms with van der Waals surface area (Å²) in [5, 5.41) is 14.8. The molecule has 17 heavy (non-hydrogen) atoms. The second-order valence-corrected chi connectivity index (χ2v) is 4.66. The van der Waals surface area contributed by atoms with Crippen LogP contribution in [0.3, 0.4) is 0 Å². The lowest BCUT2D eigenvalue weighted by atomic mass is 9.87. The summed E-state index contributed by atoms with van der Waals surface area (Å²) in [6.07, 6.45) is 8.88. The molecule has 3 N–H and O–H groups in total. The van der Waals surface area contributed by atoms with E-state index in [9.17, 15) is 4.79 Å². The number of carbonyl (C=O) groups excluding carboxylic acids is 1. The van der Waals surface area contributed by atoms with Crippen LogP contribution in [-0.4, -0.2) is 30.3 Å². The monoisotopic (exact) mass is 240 g/mol. The van der Waals surface area contributed by atoms with Crippen molar-refractivity contribution in [2.24, 2.45) is 5.92 Å². The zero-order chi connectivity index (χ0) is 12.5. The number of aliphatic hydroxyl groups is 1. The van der Waals surface area contributed by atoms with Gasteiger partial charge in [-0.25, -0.2) is 4.79 Å². The normalized spacial score (nSPS) is 24.8. The molecule has 1 fully saturated rings. The first-order chi connectivity index (χ1) is 8.26. The second kappa shape index (κ2) is 8.12. The van der Waals surface area contributed by atoms with E-state index >= 15 is 0 Å². The third-order valence-electron chi connectivity index (χ3n) is 3.27. The van der Waals surface area contributed by atoms with Crippen molar-refractivity contribution in [1.82, 2.24) is 10.6 Å². The predicted molar refractivity (Wildman–Crippen MR) is 68.8 cm³/mol. The standard InChI is InChI=1S/C13H24N2O2/c1-2-3-4-9-14-13(17)15-12-7-5-11(10-16)6-8-12/h2-3,11-12,16H,4-10H2,1H3,(H2,14,15,17)/b3-2+. The minimum absolute atomic E-state index is 0.0676. The number of carbonyl (C=O) groups is 1. The largest absolute Gasteiger partial charge is 0.396 e. The molecule has 0 saturated heterocycles. The average molecular weight is 240 g/mol. The Morgan fingerprint density at radius 1 is 1.35 bits per heavy atom. The molecule has 4 heteroatoms. The van der Waals surface area contributed by atoms with Crippen molar-refractivity contribution in [2.75, 3.05) is 13.2 Å². The molecule has 0 heterocycles.